The van der Waals surface area contributed by atoms with E-state index in [4.69, 9.17) is 21.1 Å². The predicted molar refractivity (Wildman–Crippen MR) is 146 cm³/mol. The number of nitrogens with zero attached hydrogens (tertiary/aromatic N) is 2. The van der Waals surface area contributed by atoms with E-state index in [1.54, 1.807) is 36.4 Å². The molecule has 0 bridgehead atoms. The molecule has 11 heteroatoms. The van der Waals surface area contributed by atoms with Gasteiger partial charge in [-0.15, -0.1) is 0 Å². The Morgan fingerprint density at radius 3 is 2.39 bits per heavy atom. The lowest BCUT2D eigenvalue weighted by molar-refractivity contribution is -0.140. The highest BCUT2D eigenvalue weighted by molar-refractivity contribution is 7.92. The number of carbonyl (C=O) groups excluding carboxylic acids is 2. The zero-order valence-electron chi connectivity index (χ0n) is 21.7. The predicted octanol–water partition coefficient (Wildman–Crippen LogP) is 4.09. The second kappa shape index (κ2) is 12.3. The van der Waals surface area contributed by atoms with Gasteiger partial charge in [-0.25, -0.2) is 8.42 Å². The highest BCUT2D eigenvalue weighted by Gasteiger charge is 2.33. The molecule has 38 heavy (non-hydrogen) atoms. The Morgan fingerprint density at radius 1 is 1.05 bits per heavy atom. The molecule has 1 aliphatic heterocycles. The van der Waals surface area contributed by atoms with Gasteiger partial charge in [0.1, 0.15) is 12.6 Å². The van der Waals surface area contributed by atoms with E-state index < -0.39 is 28.5 Å². The van der Waals surface area contributed by atoms with E-state index in [1.165, 1.54) is 11.0 Å². The summed E-state index contributed by atoms with van der Waals surface area (Å²) < 4.78 is 37.4. The SMILES string of the molecule is CCC(C(=O)NC1CCCCC1)N(Cc1ccc(Cl)cc1)C(=O)CN(c1ccc2c(c1)OCO2)S(C)(=O)=O. The molecule has 2 amide bonds. The van der Waals surface area contributed by atoms with Gasteiger partial charge in [0.2, 0.25) is 28.6 Å². The molecule has 2 aromatic rings. The van der Waals surface area contributed by atoms with Crippen molar-refractivity contribution in [3.05, 3.63) is 53.1 Å². The third-order valence-electron chi connectivity index (χ3n) is 6.93. The van der Waals surface area contributed by atoms with Gasteiger partial charge in [-0.1, -0.05) is 49.9 Å². The van der Waals surface area contributed by atoms with E-state index in [-0.39, 0.29) is 31.0 Å². The van der Waals surface area contributed by atoms with E-state index >= 15 is 0 Å². The second-order valence-corrected chi connectivity index (χ2v) is 12.1. The maximum Gasteiger partial charge on any atom is 0.244 e. The van der Waals surface area contributed by atoms with Gasteiger partial charge in [-0.2, -0.15) is 0 Å². The van der Waals surface area contributed by atoms with Crippen molar-refractivity contribution >= 4 is 39.1 Å². The number of ether oxygens (including phenoxy) is 2. The van der Waals surface area contributed by atoms with Crippen molar-refractivity contribution in [1.82, 2.24) is 10.2 Å². The summed E-state index contributed by atoms with van der Waals surface area (Å²) in [6.45, 7) is 1.55. The smallest absolute Gasteiger partial charge is 0.244 e. The molecule has 0 saturated heterocycles. The van der Waals surface area contributed by atoms with Gasteiger partial charge in [-0.05, 0) is 49.1 Å². The quantitative estimate of drug-likeness (QED) is 0.467. The van der Waals surface area contributed by atoms with Crippen molar-refractivity contribution in [2.45, 2.75) is 64.1 Å². The number of anilines is 1. The van der Waals surface area contributed by atoms with Crippen LogP contribution in [0.15, 0.2) is 42.5 Å². The van der Waals surface area contributed by atoms with Crippen LogP contribution in [-0.4, -0.2) is 56.8 Å². The Bertz CT molecular complexity index is 1250. The van der Waals surface area contributed by atoms with Gasteiger partial charge in [0.15, 0.2) is 11.5 Å². The van der Waals surface area contributed by atoms with E-state index in [0.717, 1.165) is 48.2 Å². The lowest BCUT2D eigenvalue weighted by Crippen LogP contribution is -2.53. The molecule has 2 aliphatic rings. The van der Waals surface area contributed by atoms with Gasteiger partial charge in [0, 0.05) is 23.7 Å². The number of halogens is 1. The summed E-state index contributed by atoms with van der Waals surface area (Å²) in [5.74, 6) is 0.188. The molecule has 1 fully saturated rings. The number of rotatable bonds is 10. The summed E-state index contributed by atoms with van der Waals surface area (Å²) in [5, 5.41) is 3.68. The number of hydrogen-bond donors (Lipinski definition) is 1. The first-order valence-corrected chi connectivity index (χ1v) is 15.1. The summed E-state index contributed by atoms with van der Waals surface area (Å²) in [4.78, 5) is 28.7. The van der Waals surface area contributed by atoms with Crippen LogP contribution in [0, 0.1) is 0 Å². The highest BCUT2D eigenvalue weighted by Crippen LogP contribution is 2.36. The van der Waals surface area contributed by atoms with Gasteiger partial charge in [-0.3, -0.25) is 13.9 Å². The molecule has 1 unspecified atom stereocenters. The van der Waals surface area contributed by atoms with Crippen molar-refractivity contribution in [3.8, 4) is 11.5 Å². The first kappa shape index (κ1) is 28.0. The molecule has 4 rings (SSSR count). The number of nitrogens with one attached hydrogen (secondary N) is 1. The van der Waals surface area contributed by atoms with Crippen molar-refractivity contribution < 1.29 is 27.5 Å². The van der Waals surface area contributed by atoms with Crippen LogP contribution in [0.25, 0.3) is 0 Å². The van der Waals surface area contributed by atoms with Crippen LogP contribution >= 0.6 is 11.6 Å². The van der Waals surface area contributed by atoms with Crippen molar-refractivity contribution in [3.63, 3.8) is 0 Å². The minimum Gasteiger partial charge on any atom is -0.454 e. The maximum atomic E-state index is 13.8. The molecule has 1 atom stereocenters. The fourth-order valence-corrected chi connectivity index (χ4v) is 5.87. The highest BCUT2D eigenvalue weighted by atomic mass is 35.5. The Labute approximate surface area is 229 Å². The van der Waals surface area contributed by atoms with E-state index in [9.17, 15) is 18.0 Å². The van der Waals surface area contributed by atoms with Gasteiger partial charge < -0.3 is 19.7 Å². The summed E-state index contributed by atoms with van der Waals surface area (Å²) >= 11 is 6.05. The third kappa shape index (κ3) is 6.91. The van der Waals surface area contributed by atoms with Gasteiger partial charge >= 0.3 is 0 Å². The van der Waals surface area contributed by atoms with Crippen LogP contribution in [-0.2, 0) is 26.2 Å². The molecule has 2 aromatic carbocycles. The number of fused-ring (bicyclic) bond motifs is 1. The van der Waals surface area contributed by atoms with Crippen molar-refractivity contribution in [2.75, 3.05) is 23.9 Å². The normalized spacial score (nSPS) is 16.1. The minimum atomic E-state index is -3.85. The molecule has 1 N–H and O–H groups in total. The zero-order chi connectivity index (χ0) is 27.3. The Kier molecular flexibility index (Phi) is 9.04. The molecule has 0 spiro atoms. The summed E-state index contributed by atoms with van der Waals surface area (Å²) in [5.41, 5.74) is 1.05. The fraction of sp³-hybridized carbons (Fsp3) is 0.481. The lowest BCUT2D eigenvalue weighted by Gasteiger charge is -2.34. The maximum absolute atomic E-state index is 13.8. The topological polar surface area (TPSA) is 105 Å². The molecule has 0 aromatic heterocycles. The summed E-state index contributed by atoms with van der Waals surface area (Å²) in [6, 6.07) is 11.1. The molecule has 0 radical (unpaired) electrons. The first-order chi connectivity index (χ1) is 18.2. The van der Waals surface area contributed by atoms with Crippen molar-refractivity contribution in [2.24, 2.45) is 0 Å². The number of benzene rings is 2. The van der Waals surface area contributed by atoms with Crippen LogP contribution in [0.3, 0.4) is 0 Å². The minimum absolute atomic E-state index is 0.0414. The van der Waals surface area contributed by atoms with E-state index in [2.05, 4.69) is 5.32 Å². The average molecular weight is 564 g/mol. The Hall–Kier alpha value is -2.98. The number of sulfonamides is 1. The van der Waals surface area contributed by atoms with E-state index in [1.807, 2.05) is 6.92 Å². The van der Waals surface area contributed by atoms with Gasteiger partial charge in [0.25, 0.3) is 0 Å². The second-order valence-electron chi connectivity index (χ2n) is 9.72. The Balaban J connectivity index is 1.61. The van der Waals surface area contributed by atoms with Crippen molar-refractivity contribution in [1.29, 1.82) is 0 Å². The molecular weight excluding hydrogens is 530 g/mol. The average Bonchev–Trinajstić information content (AvgIpc) is 3.36. The molecular formula is C27H34ClN3O6S. The standard InChI is InChI=1S/C27H34ClN3O6S/c1-3-23(27(33)29-21-7-5-4-6-8-21)30(16-19-9-11-20(28)12-10-19)26(32)17-31(38(2,34)35)22-13-14-24-25(15-22)37-18-36-24/h9-15,21,23H,3-8,16-18H2,1-2H3,(H,29,33). The molecule has 1 heterocycles. The van der Waals surface area contributed by atoms with Crippen LogP contribution in [0.2, 0.25) is 5.02 Å². The van der Waals surface area contributed by atoms with Crippen LogP contribution in [0.1, 0.15) is 51.0 Å². The van der Waals surface area contributed by atoms with E-state index in [0.29, 0.717) is 22.9 Å². The molecule has 206 valence electrons. The zero-order valence-corrected chi connectivity index (χ0v) is 23.3. The monoisotopic (exact) mass is 563 g/mol. The number of carbonyl (C=O) groups is 2. The molecule has 1 aliphatic carbocycles. The van der Waals surface area contributed by atoms with Crippen LogP contribution in [0.5, 0.6) is 11.5 Å². The summed E-state index contributed by atoms with van der Waals surface area (Å²) in [7, 11) is -3.85. The molecule has 1 saturated carbocycles. The number of amides is 2. The van der Waals surface area contributed by atoms with Crippen LogP contribution < -0.4 is 19.1 Å². The van der Waals surface area contributed by atoms with Gasteiger partial charge in [0.05, 0.1) is 11.9 Å². The molecule has 9 nitrogen and oxygen atoms in total. The largest absolute Gasteiger partial charge is 0.454 e. The fourth-order valence-electron chi connectivity index (χ4n) is 4.90. The third-order valence-corrected chi connectivity index (χ3v) is 8.32. The number of hydrogen-bond acceptors (Lipinski definition) is 6. The Morgan fingerprint density at radius 2 is 1.74 bits per heavy atom. The summed E-state index contributed by atoms with van der Waals surface area (Å²) in [6.07, 6.45) is 6.54. The lowest BCUT2D eigenvalue weighted by atomic mass is 9.95. The van der Waals surface area contributed by atoms with Crippen LogP contribution in [0.4, 0.5) is 5.69 Å². The first-order valence-electron chi connectivity index (χ1n) is 12.9.